The quantitative estimate of drug-likeness (QED) is 0.616. The maximum atomic E-state index is 13.2. The van der Waals surface area contributed by atoms with E-state index in [1.54, 1.807) is 33.4 Å². The average molecular weight is 453 g/mol. The van der Waals surface area contributed by atoms with Crippen molar-refractivity contribution < 1.29 is 13.2 Å². The van der Waals surface area contributed by atoms with Crippen LogP contribution in [0.25, 0.3) is 0 Å². The van der Waals surface area contributed by atoms with Crippen LogP contribution in [0, 0.1) is 11.8 Å². The van der Waals surface area contributed by atoms with Crippen LogP contribution in [0.15, 0.2) is 71.9 Å². The average Bonchev–Trinajstić information content (AvgIpc) is 3.26. The third-order valence-corrected chi connectivity index (χ3v) is 7.49. The Kier molecular flexibility index (Phi) is 6.43. The summed E-state index contributed by atoms with van der Waals surface area (Å²) in [6, 6.07) is 15.6. The number of amides is 1. The van der Waals surface area contributed by atoms with Gasteiger partial charge in [-0.3, -0.25) is 9.48 Å². The van der Waals surface area contributed by atoms with Gasteiger partial charge in [0, 0.05) is 36.7 Å². The van der Waals surface area contributed by atoms with Gasteiger partial charge in [0.25, 0.3) is 5.91 Å². The third-order valence-electron chi connectivity index (χ3n) is 5.66. The first-order chi connectivity index (χ1) is 15.3. The van der Waals surface area contributed by atoms with Crippen molar-refractivity contribution in [1.29, 1.82) is 0 Å². The minimum Gasteiger partial charge on any atom is -0.322 e. The number of hydrogen-bond acceptors (Lipinski definition) is 4. The molecule has 168 valence electrons. The summed E-state index contributed by atoms with van der Waals surface area (Å²) in [5, 5.41) is 7.07. The van der Waals surface area contributed by atoms with Crippen LogP contribution >= 0.6 is 0 Å². The molecule has 0 bridgehead atoms. The van der Waals surface area contributed by atoms with Gasteiger partial charge in [0.15, 0.2) is 0 Å². The fraction of sp³-hybridized carbons (Fsp3) is 0.333. The Morgan fingerprint density at radius 3 is 2.53 bits per heavy atom. The van der Waals surface area contributed by atoms with Gasteiger partial charge in [-0.15, -0.1) is 0 Å². The number of carbonyl (C=O) groups is 1. The second-order valence-corrected chi connectivity index (χ2v) is 10.6. The van der Waals surface area contributed by atoms with Crippen LogP contribution in [0.2, 0.25) is 0 Å². The molecule has 1 N–H and O–H groups in total. The van der Waals surface area contributed by atoms with E-state index in [-0.39, 0.29) is 10.8 Å². The van der Waals surface area contributed by atoms with Crippen LogP contribution in [-0.4, -0.2) is 41.5 Å². The first-order valence-electron chi connectivity index (χ1n) is 10.8. The summed E-state index contributed by atoms with van der Waals surface area (Å²) in [5.74, 6) is 0.279. The molecule has 1 amide bonds. The van der Waals surface area contributed by atoms with Gasteiger partial charge < -0.3 is 5.32 Å². The zero-order valence-electron chi connectivity index (χ0n) is 18.3. The van der Waals surface area contributed by atoms with Gasteiger partial charge in [0.2, 0.25) is 10.0 Å². The second kappa shape index (κ2) is 9.26. The highest BCUT2D eigenvalue weighted by molar-refractivity contribution is 7.89. The summed E-state index contributed by atoms with van der Waals surface area (Å²) in [6.45, 7) is 5.75. The van der Waals surface area contributed by atoms with Gasteiger partial charge in [0.1, 0.15) is 0 Å². The highest BCUT2D eigenvalue weighted by Gasteiger charge is 2.32. The summed E-state index contributed by atoms with van der Waals surface area (Å²) in [4.78, 5) is 13.0. The molecule has 3 aromatic rings. The van der Waals surface area contributed by atoms with Gasteiger partial charge in [-0.2, -0.15) is 9.40 Å². The minimum absolute atomic E-state index is 0.152. The van der Waals surface area contributed by atoms with Crippen LogP contribution in [0.4, 0.5) is 5.69 Å². The molecule has 0 aliphatic carbocycles. The number of hydrogen-bond donors (Lipinski definition) is 1. The Labute approximate surface area is 189 Å². The van der Waals surface area contributed by atoms with Crippen molar-refractivity contribution in [2.45, 2.75) is 31.7 Å². The van der Waals surface area contributed by atoms with Crippen molar-refractivity contribution in [2.24, 2.45) is 11.8 Å². The van der Waals surface area contributed by atoms with Crippen molar-refractivity contribution in [3.63, 3.8) is 0 Å². The topological polar surface area (TPSA) is 84.3 Å². The molecule has 2 aromatic carbocycles. The molecule has 0 spiro atoms. The number of carbonyl (C=O) groups excluding carboxylic acids is 1. The molecule has 1 aliphatic heterocycles. The van der Waals surface area contributed by atoms with Gasteiger partial charge in [-0.25, -0.2) is 8.42 Å². The number of sulfonamides is 1. The smallest absolute Gasteiger partial charge is 0.255 e. The molecule has 32 heavy (non-hydrogen) atoms. The molecule has 0 radical (unpaired) electrons. The van der Waals surface area contributed by atoms with Gasteiger partial charge in [-0.1, -0.05) is 32.0 Å². The van der Waals surface area contributed by atoms with Crippen LogP contribution in [0.1, 0.15) is 36.2 Å². The lowest BCUT2D eigenvalue weighted by atomic mass is 9.94. The number of benzene rings is 2. The van der Waals surface area contributed by atoms with Crippen molar-refractivity contribution in [2.75, 3.05) is 18.4 Å². The minimum atomic E-state index is -3.65. The number of nitrogens with zero attached hydrogens (tertiary/aromatic N) is 3. The highest BCUT2D eigenvalue weighted by Crippen LogP contribution is 2.27. The number of piperidine rings is 1. The lowest BCUT2D eigenvalue weighted by Crippen LogP contribution is -2.42. The number of aromatic nitrogens is 2. The predicted molar refractivity (Wildman–Crippen MR) is 124 cm³/mol. The first kappa shape index (κ1) is 22.2. The lowest BCUT2D eigenvalue weighted by Gasteiger charge is -2.34. The monoisotopic (exact) mass is 452 g/mol. The summed E-state index contributed by atoms with van der Waals surface area (Å²) in [6.07, 6.45) is 4.62. The molecule has 2 unspecified atom stereocenters. The standard InChI is InChI=1S/C24H28N4O3S/c1-18-12-19(2)16-28(15-18)32(30,31)23-9-4-7-21(14-23)24(29)26-22-8-3-6-20(13-22)17-27-11-5-10-25-27/h3-11,13-14,18-19H,12,15-17H2,1-2H3,(H,26,29). The Bertz CT molecular complexity index is 1180. The van der Waals surface area contributed by atoms with E-state index in [1.807, 2.05) is 36.5 Å². The fourth-order valence-corrected chi connectivity index (χ4v) is 6.01. The molecule has 2 heterocycles. The van der Waals surface area contributed by atoms with Gasteiger partial charge in [-0.05, 0) is 60.2 Å². The Morgan fingerprint density at radius 2 is 1.81 bits per heavy atom. The van der Waals surface area contributed by atoms with Crippen molar-refractivity contribution in [1.82, 2.24) is 14.1 Å². The van der Waals surface area contributed by atoms with Gasteiger partial charge in [0.05, 0.1) is 11.4 Å². The van der Waals surface area contributed by atoms with E-state index in [0.29, 0.717) is 42.7 Å². The number of rotatable bonds is 6. The van der Waals surface area contributed by atoms with Crippen LogP contribution < -0.4 is 5.32 Å². The van der Waals surface area contributed by atoms with Crippen molar-refractivity contribution in [3.05, 3.63) is 78.1 Å². The van der Waals surface area contributed by atoms with E-state index in [4.69, 9.17) is 0 Å². The zero-order chi connectivity index (χ0) is 22.7. The first-order valence-corrected chi connectivity index (χ1v) is 12.2. The van der Waals surface area contributed by atoms with Crippen LogP contribution in [-0.2, 0) is 16.6 Å². The molecule has 7 nitrogen and oxygen atoms in total. The van der Waals surface area contributed by atoms with E-state index in [0.717, 1.165) is 12.0 Å². The molecule has 0 saturated carbocycles. The van der Waals surface area contributed by atoms with Crippen LogP contribution in [0.3, 0.4) is 0 Å². The third kappa shape index (κ3) is 5.08. The lowest BCUT2D eigenvalue weighted by molar-refractivity contribution is 0.102. The Hall–Kier alpha value is -2.97. The Morgan fingerprint density at radius 1 is 1.06 bits per heavy atom. The van der Waals surface area contributed by atoms with E-state index in [1.165, 1.54) is 6.07 Å². The van der Waals surface area contributed by atoms with Crippen LogP contribution in [0.5, 0.6) is 0 Å². The summed E-state index contributed by atoms with van der Waals surface area (Å²) in [5.41, 5.74) is 1.95. The predicted octanol–water partition coefficient (Wildman–Crippen LogP) is 3.85. The van der Waals surface area contributed by atoms with Gasteiger partial charge >= 0.3 is 0 Å². The Balaban J connectivity index is 1.50. The zero-order valence-corrected chi connectivity index (χ0v) is 19.1. The molecular weight excluding hydrogens is 424 g/mol. The molecule has 1 fully saturated rings. The summed E-state index contributed by atoms with van der Waals surface area (Å²) >= 11 is 0. The summed E-state index contributed by atoms with van der Waals surface area (Å²) < 4.78 is 29.7. The maximum absolute atomic E-state index is 13.2. The molecule has 8 heteroatoms. The largest absolute Gasteiger partial charge is 0.322 e. The van der Waals surface area contributed by atoms with E-state index in [2.05, 4.69) is 24.3 Å². The van der Waals surface area contributed by atoms with Crippen molar-refractivity contribution in [3.8, 4) is 0 Å². The molecule has 4 rings (SSSR count). The second-order valence-electron chi connectivity index (χ2n) is 8.65. The molecule has 1 saturated heterocycles. The normalized spacial score (nSPS) is 19.6. The van der Waals surface area contributed by atoms with E-state index >= 15 is 0 Å². The highest BCUT2D eigenvalue weighted by atomic mass is 32.2. The molecule has 1 aromatic heterocycles. The molecular formula is C24H28N4O3S. The maximum Gasteiger partial charge on any atom is 0.255 e. The van der Waals surface area contributed by atoms with E-state index < -0.39 is 10.0 Å². The number of anilines is 1. The number of nitrogens with one attached hydrogen (secondary N) is 1. The van der Waals surface area contributed by atoms with E-state index in [9.17, 15) is 13.2 Å². The SMILES string of the molecule is CC1CC(C)CN(S(=O)(=O)c2cccc(C(=O)Nc3cccc(Cn4cccn4)c3)c2)C1. The van der Waals surface area contributed by atoms with Crippen molar-refractivity contribution >= 4 is 21.6 Å². The molecule has 1 aliphatic rings. The fourth-order valence-electron chi connectivity index (χ4n) is 4.28. The summed E-state index contributed by atoms with van der Waals surface area (Å²) in [7, 11) is -3.65. The molecule has 2 atom stereocenters.